The lowest BCUT2D eigenvalue weighted by Gasteiger charge is -2.40. The lowest BCUT2D eigenvalue weighted by atomic mass is 9.74. The van der Waals surface area contributed by atoms with E-state index >= 15 is 0 Å². The van der Waals surface area contributed by atoms with E-state index in [4.69, 9.17) is 4.74 Å². The molecule has 0 amide bonds. The second-order valence-electron chi connectivity index (χ2n) is 6.15. The van der Waals surface area contributed by atoms with E-state index in [2.05, 4.69) is 24.3 Å². The van der Waals surface area contributed by atoms with Crippen LogP contribution >= 0.6 is 0 Å². The molecule has 0 radical (unpaired) electrons. The van der Waals surface area contributed by atoms with Gasteiger partial charge >= 0.3 is 0 Å². The van der Waals surface area contributed by atoms with Gasteiger partial charge in [0.05, 0.1) is 6.10 Å². The average molecular weight is 260 g/mol. The lowest BCUT2D eigenvalue weighted by molar-refractivity contribution is -0.122. The fourth-order valence-electron chi connectivity index (χ4n) is 3.57. The number of rotatable bonds is 3. The molecule has 104 valence electrons. The van der Waals surface area contributed by atoms with Gasteiger partial charge in [-0.05, 0) is 42.7 Å². The van der Waals surface area contributed by atoms with Crippen molar-refractivity contribution in [2.24, 2.45) is 0 Å². The van der Waals surface area contributed by atoms with Crippen molar-refractivity contribution in [3.05, 3.63) is 35.4 Å². The number of hydrogen-bond acceptors (Lipinski definition) is 2. The number of methoxy groups -OCH3 is 1. The summed E-state index contributed by atoms with van der Waals surface area (Å²) in [5.41, 5.74) is 1.67. The van der Waals surface area contributed by atoms with Gasteiger partial charge in [0.15, 0.2) is 0 Å². The van der Waals surface area contributed by atoms with Crippen molar-refractivity contribution in [3.63, 3.8) is 0 Å². The highest BCUT2D eigenvalue weighted by Crippen LogP contribution is 2.42. The minimum absolute atomic E-state index is 0.0575. The summed E-state index contributed by atoms with van der Waals surface area (Å²) in [5.74, 6) is 0.716. The molecule has 0 aliphatic heterocycles. The summed E-state index contributed by atoms with van der Waals surface area (Å²) in [5, 5.41) is 11.1. The van der Waals surface area contributed by atoms with E-state index in [9.17, 15) is 5.11 Å². The third kappa shape index (κ3) is 2.32. The molecular weight excluding hydrogens is 236 g/mol. The summed E-state index contributed by atoms with van der Waals surface area (Å²) < 4.78 is 5.55. The third-order valence-corrected chi connectivity index (χ3v) is 5.05. The molecule has 2 aliphatic carbocycles. The van der Waals surface area contributed by atoms with Gasteiger partial charge in [-0.25, -0.2) is 0 Å². The maximum Gasteiger partial charge on any atom is 0.116 e. The fourth-order valence-corrected chi connectivity index (χ4v) is 3.57. The van der Waals surface area contributed by atoms with Gasteiger partial charge in [0.25, 0.3) is 0 Å². The van der Waals surface area contributed by atoms with Gasteiger partial charge in [-0.2, -0.15) is 0 Å². The van der Waals surface area contributed by atoms with Crippen LogP contribution in [0.25, 0.3) is 0 Å². The van der Waals surface area contributed by atoms with Crippen molar-refractivity contribution in [2.75, 3.05) is 7.11 Å². The molecule has 2 unspecified atom stereocenters. The highest BCUT2D eigenvalue weighted by Gasteiger charge is 2.41. The van der Waals surface area contributed by atoms with Crippen molar-refractivity contribution in [2.45, 2.75) is 62.6 Å². The first-order valence-electron chi connectivity index (χ1n) is 7.59. The van der Waals surface area contributed by atoms with Gasteiger partial charge in [-0.3, -0.25) is 0 Å². The molecule has 2 nitrogen and oxygen atoms in total. The van der Waals surface area contributed by atoms with Gasteiger partial charge in [0.1, 0.15) is 5.60 Å². The fraction of sp³-hybridized carbons (Fsp3) is 0.647. The van der Waals surface area contributed by atoms with Gasteiger partial charge < -0.3 is 9.84 Å². The van der Waals surface area contributed by atoms with Crippen molar-refractivity contribution in [3.8, 4) is 0 Å². The Hall–Kier alpha value is -0.860. The smallest absolute Gasteiger partial charge is 0.116 e. The molecule has 1 aromatic carbocycles. The molecule has 2 aliphatic rings. The van der Waals surface area contributed by atoms with Gasteiger partial charge in [-0.1, -0.05) is 43.5 Å². The Labute approximate surface area is 115 Å². The molecule has 1 aromatic rings. The zero-order valence-corrected chi connectivity index (χ0v) is 11.8. The summed E-state index contributed by atoms with van der Waals surface area (Å²) in [6.07, 6.45) is 7.91. The normalized spacial score (nSPS) is 32.0. The van der Waals surface area contributed by atoms with Crippen LogP contribution < -0.4 is 0 Å². The van der Waals surface area contributed by atoms with E-state index in [0.29, 0.717) is 5.92 Å². The predicted octanol–water partition coefficient (Wildman–Crippen LogP) is 3.73. The first-order chi connectivity index (χ1) is 9.24. The van der Waals surface area contributed by atoms with Crippen molar-refractivity contribution < 1.29 is 9.84 Å². The minimum atomic E-state index is -0.785. The average Bonchev–Trinajstić information content (AvgIpc) is 2.38. The molecule has 0 bridgehead atoms. The highest BCUT2D eigenvalue weighted by atomic mass is 16.5. The largest absolute Gasteiger partial charge is 0.382 e. The number of aliphatic hydroxyl groups is 1. The van der Waals surface area contributed by atoms with Crippen LogP contribution in [0.4, 0.5) is 0 Å². The molecule has 0 heterocycles. The minimum Gasteiger partial charge on any atom is -0.382 e. The Balaban J connectivity index is 1.90. The number of ether oxygens (including phenoxy) is 1. The predicted molar refractivity (Wildman–Crippen MR) is 76.2 cm³/mol. The van der Waals surface area contributed by atoms with Crippen LogP contribution in [0.3, 0.4) is 0 Å². The first kappa shape index (κ1) is 13.1. The highest BCUT2D eigenvalue weighted by molar-refractivity contribution is 5.32. The maximum absolute atomic E-state index is 11.1. The van der Waals surface area contributed by atoms with Crippen LogP contribution in [0, 0.1) is 0 Å². The number of benzene rings is 1. The second kappa shape index (κ2) is 5.26. The first-order valence-corrected chi connectivity index (χ1v) is 7.59. The van der Waals surface area contributed by atoms with Crippen LogP contribution in [-0.2, 0) is 10.3 Å². The zero-order valence-electron chi connectivity index (χ0n) is 11.8. The topological polar surface area (TPSA) is 29.5 Å². The second-order valence-corrected chi connectivity index (χ2v) is 6.15. The monoisotopic (exact) mass is 260 g/mol. The van der Waals surface area contributed by atoms with E-state index in [-0.39, 0.29) is 6.10 Å². The Morgan fingerprint density at radius 3 is 2.68 bits per heavy atom. The summed E-state index contributed by atoms with van der Waals surface area (Å²) in [4.78, 5) is 0. The summed E-state index contributed by atoms with van der Waals surface area (Å²) >= 11 is 0. The maximum atomic E-state index is 11.1. The zero-order chi connectivity index (χ0) is 13.3. The van der Waals surface area contributed by atoms with E-state index in [1.807, 2.05) is 0 Å². The standard InChI is InChI=1S/C17H24O2/c1-19-16-10-2-3-11-17(16,18)15-9-5-8-14(12-15)13-6-4-7-13/h5,8-9,12-13,16,18H,2-4,6-7,10-11H2,1H3. The van der Waals surface area contributed by atoms with Crippen LogP contribution in [-0.4, -0.2) is 18.3 Å². The summed E-state index contributed by atoms with van der Waals surface area (Å²) in [6, 6.07) is 8.60. The van der Waals surface area contributed by atoms with Gasteiger partial charge in [0, 0.05) is 7.11 Å². The van der Waals surface area contributed by atoms with Gasteiger partial charge in [-0.15, -0.1) is 0 Å². The van der Waals surface area contributed by atoms with Crippen LogP contribution in [0.2, 0.25) is 0 Å². The van der Waals surface area contributed by atoms with Crippen LogP contribution in [0.15, 0.2) is 24.3 Å². The van der Waals surface area contributed by atoms with Crippen LogP contribution in [0.1, 0.15) is 62.0 Å². The third-order valence-electron chi connectivity index (χ3n) is 5.05. The molecule has 0 aromatic heterocycles. The Morgan fingerprint density at radius 2 is 2.00 bits per heavy atom. The molecule has 2 heteroatoms. The molecule has 0 saturated heterocycles. The van der Waals surface area contributed by atoms with E-state index < -0.39 is 5.60 Å². The van der Waals surface area contributed by atoms with Crippen molar-refractivity contribution in [1.29, 1.82) is 0 Å². The van der Waals surface area contributed by atoms with Crippen LogP contribution in [0.5, 0.6) is 0 Å². The Kier molecular flexibility index (Phi) is 3.64. The van der Waals surface area contributed by atoms with E-state index in [1.165, 1.54) is 24.8 Å². The molecule has 2 atom stereocenters. The molecule has 1 N–H and O–H groups in total. The Bertz CT molecular complexity index is 439. The van der Waals surface area contributed by atoms with Gasteiger partial charge in [0.2, 0.25) is 0 Å². The van der Waals surface area contributed by atoms with E-state index in [0.717, 1.165) is 31.2 Å². The molecule has 0 spiro atoms. The van der Waals surface area contributed by atoms with Crippen molar-refractivity contribution in [1.82, 2.24) is 0 Å². The molecule has 2 saturated carbocycles. The molecule has 2 fully saturated rings. The Morgan fingerprint density at radius 1 is 1.16 bits per heavy atom. The summed E-state index contributed by atoms with van der Waals surface area (Å²) in [6.45, 7) is 0. The molecule has 3 rings (SSSR count). The number of hydrogen-bond donors (Lipinski definition) is 1. The van der Waals surface area contributed by atoms with E-state index in [1.54, 1.807) is 7.11 Å². The lowest BCUT2D eigenvalue weighted by Crippen LogP contribution is -2.43. The molecule has 19 heavy (non-hydrogen) atoms. The molecular formula is C17H24O2. The SMILES string of the molecule is COC1CCCCC1(O)c1cccc(C2CCC2)c1. The van der Waals surface area contributed by atoms with Crippen molar-refractivity contribution >= 4 is 0 Å². The summed E-state index contributed by atoms with van der Waals surface area (Å²) in [7, 11) is 1.72. The quantitative estimate of drug-likeness (QED) is 0.897.